The second kappa shape index (κ2) is 5.64. The molecular weight excluding hydrogens is 226 g/mol. The maximum absolute atomic E-state index is 4.49. The van der Waals surface area contributed by atoms with E-state index in [1.165, 1.54) is 5.56 Å². The lowest BCUT2D eigenvalue weighted by Crippen LogP contribution is -2.13. The van der Waals surface area contributed by atoms with Crippen LogP contribution in [0.3, 0.4) is 0 Å². The van der Waals surface area contributed by atoms with Crippen LogP contribution in [0.2, 0.25) is 0 Å². The quantitative estimate of drug-likeness (QED) is 0.877. The number of aromatic nitrogens is 4. The van der Waals surface area contributed by atoms with Crippen LogP contribution in [0.4, 0.5) is 0 Å². The lowest BCUT2D eigenvalue weighted by molar-refractivity contribution is 0.774. The van der Waals surface area contributed by atoms with Gasteiger partial charge in [0.2, 0.25) is 0 Å². The van der Waals surface area contributed by atoms with Crippen LogP contribution in [0.1, 0.15) is 17.0 Å². The van der Waals surface area contributed by atoms with Gasteiger partial charge in [0, 0.05) is 23.8 Å². The molecular formula is C13H17N5. The van der Waals surface area contributed by atoms with Crippen molar-refractivity contribution >= 4 is 0 Å². The summed E-state index contributed by atoms with van der Waals surface area (Å²) in [6.45, 7) is 4.93. The summed E-state index contributed by atoms with van der Waals surface area (Å²) in [5.41, 5.74) is 3.20. The molecule has 0 bridgehead atoms. The van der Waals surface area contributed by atoms with E-state index in [0.717, 1.165) is 24.4 Å². The molecule has 0 amide bonds. The molecule has 0 aliphatic rings. The van der Waals surface area contributed by atoms with Crippen LogP contribution in [0.25, 0.3) is 11.6 Å². The van der Waals surface area contributed by atoms with E-state index in [2.05, 4.69) is 25.3 Å². The monoisotopic (exact) mass is 243 g/mol. The van der Waals surface area contributed by atoms with Crippen LogP contribution in [-0.4, -0.2) is 33.5 Å². The predicted octanol–water partition coefficient (Wildman–Crippen LogP) is 1.31. The number of nitrogens with zero attached hydrogens (tertiary/aromatic N) is 4. The zero-order valence-corrected chi connectivity index (χ0v) is 10.9. The number of rotatable bonds is 4. The summed E-state index contributed by atoms with van der Waals surface area (Å²) in [4.78, 5) is 17.3. The van der Waals surface area contributed by atoms with Crippen molar-refractivity contribution in [1.82, 2.24) is 25.3 Å². The summed E-state index contributed by atoms with van der Waals surface area (Å²) in [6, 6.07) is 1.78. The van der Waals surface area contributed by atoms with Gasteiger partial charge >= 0.3 is 0 Å². The molecule has 94 valence electrons. The van der Waals surface area contributed by atoms with Crippen molar-refractivity contribution in [3.8, 4) is 11.6 Å². The van der Waals surface area contributed by atoms with Gasteiger partial charge in [-0.15, -0.1) is 0 Å². The standard InChI is InChI=1S/C13H17N5/c1-9-11(5-8-14-3)10(2)18-13(17-9)12-15-6-4-7-16-12/h4,6-7,14H,5,8H2,1-3H3. The van der Waals surface area contributed by atoms with Gasteiger partial charge in [-0.05, 0) is 45.5 Å². The summed E-state index contributed by atoms with van der Waals surface area (Å²) in [5.74, 6) is 1.17. The predicted molar refractivity (Wildman–Crippen MR) is 70.2 cm³/mol. The molecule has 1 N–H and O–H groups in total. The summed E-state index contributed by atoms with van der Waals surface area (Å²) >= 11 is 0. The topological polar surface area (TPSA) is 63.6 Å². The average Bonchev–Trinajstić information content (AvgIpc) is 2.39. The average molecular weight is 243 g/mol. The van der Waals surface area contributed by atoms with E-state index in [1.54, 1.807) is 18.5 Å². The maximum Gasteiger partial charge on any atom is 0.198 e. The maximum atomic E-state index is 4.49. The van der Waals surface area contributed by atoms with Crippen molar-refractivity contribution in [2.45, 2.75) is 20.3 Å². The van der Waals surface area contributed by atoms with E-state index >= 15 is 0 Å². The molecule has 2 aromatic rings. The zero-order chi connectivity index (χ0) is 13.0. The highest BCUT2D eigenvalue weighted by Gasteiger charge is 2.10. The molecule has 0 saturated heterocycles. The Labute approximate surface area is 107 Å². The van der Waals surface area contributed by atoms with Crippen LogP contribution in [0.15, 0.2) is 18.5 Å². The number of hydrogen-bond donors (Lipinski definition) is 1. The highest BCUT2D eigenvalue weighted by Crippen LogP contribution is 2.15. The van der Waals surface area contributed by atoms with Crippen molar-refractivity contribution in [3.63, 3.8) is 0 Å². The van der Waals surface area contributed by atoms with Crippen LogP contribution in [0.5, 0.6) is 0 Å². The van der Waals surface area contributed by atoms with E-state index in [-0.39, 0.29) is 0 Å². The summed E-state index contributed by atoms with van der Waals surface area (Å²) < 4.78 is 0. The third-order valence-electron chi connectivity index (χ3n) is 2.81. The van der Waals surface area contributed by atoms with Crippen molar-refractivity contribution in [1.29, 1.82) is 0 Å². The first kappa shape index (κ1) is 12.6. The Kier molecular flexibility index (Phi) is 3.94. The third kappa shape index (κ3) is 2.68. The first-order valence-corrected chi connectivity index (χ1v) is 5.98. The second-order valence-corrected chi connectivity index (χ2v) is 4.12. The fraction of sp³-hybridized carbons (Fsp3) is 0.385. The van der Waals surface area contributed by atoms with Crippen LogP contribution >= 0.6 is 0 Å². The Bertz CT molecular complexity index is 501. The second-order valence-electron chi connectivity index (χ2n) is 4.12. The Hall–Kier alpha value is -1.88. The Morgan fingerprint density at radius 2 is 1.61 bits per heavy atom. The van der Waals surface area contributed by atoms with Crippen LogP contribution < -0.4 is 5.32 Å². The molecule has 0 radical (unpaired) electrons. The Balaban J connectivity index is 2.36. The van der Waals surface area contributed by atoms with Crippen LogP contribution in [0, 0.1) is 13.8 Å². The van der Waals surface area contributed by atoms with Crippen molar-refractivity contribution in [2.24, 2.45) is 0 Å². The molecule has 0 aromatic carbocycles. The molecule has 2 heterocycles. The van der Waals surface area contributed by atoms with E-state index in [9.17, 15) is 0 Å². The van der Waals surface area contributed by atoms with Crippen molar-refractivity contribution < 1.29 is 0 Å². The first-order chi connectivity index (χ1) is 8.72. The van der Waals surface area contributed by atoms with Gasteiger partial charge in [0.25, 0.3) is 0 Å². The van der Waals surface area contributed by atoms with E-state index in [1.807, 2.05) is 20.9 Å². The molecule has 2 rings (SSSR count). The SMILES string of the molecule is CNCCc1c(C)nc(-c2ncccn2)nc1C. The molecule has 5 heteroatoms. The van der Waals surface area contributed by atoms with Gasteiger partial charge < -0.3 is 5.32 Å². The fourth-order valence-corrected chi connectivity index (χ4v) is 1.87. The summed E-state index contributed by atoms with van der Waals surface area (Å²) in [5, 5.41) is 3.14. The normalized spacial score (nSPS) is 10.6. The van der Waals surface area contributed by atoms with E-state index in [4.69, 9.17) is 0 Å². The van der Waals surface area contributed by atoms with Gasteiger partial charge in [-0.3, -0.25) is 0 Å². The summed E-state index contributed by atoms with van der Waals surface area (Å²) in [7, 11) is 1.94. The molecule has 0 atom stereocenters. The molecule has 2 aromatic heterocycles. The van der Waals surface area contributed by atoms with Gasteiger partial charge in [-0.25, -0.2) is 19.9 Å². The van der Waals surface area contributed by atoms with Gasteiger partial charge in [0.1, 0.15) is 0 Å². The first-order valence-electron chi connectivity index (χ1n) is 5.98. The van der Waals surface area contributed by atoms with Gasteiger partial charge in [0.15, 0.2) is 11.6 Å². The lowest BCUT2D eigenvalue weighted by Gasteiger charge is -2.09. The minimum absolute atomic E-state index is 0.573. The molecule has 0 saturated carbocycles. The number of hydrogen-bond acceptors (Lipinski definition) is 5. The summed E-state index contributed by atoms with van der Waals surface area (Å²) in [6.07, 6.45) is 4.33. The van der Waals surface area contributed by atoms with Gasteiger partial charge in [-0.2, -0.15) is 0 Å². The van der Waals surface area contributed by atoms with Crippen molar-refractivity contribution in [2.75, 3.05) is 13.6 Å². The smallest absolute Gasteiger partial charge is 0.198 e. The van der Waals surface area contributed by atoms with Crippen molar-refractivity contribution in [3.05, 3.63) is 35.4 Å². The number of nitrogens with one attached hydrogen (secondary N) is 1. The van der Waals surface area contributed by atoms with Crippen LogP contribution in [-0.2, 0) is 6.42 Å². The molecule has 0 aliphatic carbocycles. The molecule has 0 fully saturated rings. The van der Waals surface area contributed by atoms with Gasteiger partial charge in [0.05, 0.1) is 0 Å². The van der Waals surface area contributed by atoms with Gasteiger partial charge in [-0.1, -0.05) is 0 Å². The minimum atomic E-state index is 0.573. The Morgan fingerprint density at radius 1 is 1.00 bits per heavy atom. The van der Waals surface area contributed by atoms with E-state index < -0.39 is 0 Å². The lowest BCUT2D eigenvalue weighted by atomic mass is 10.1. The molecule has 0 unspecified atom stereocenters. The fourth-order valence-electron chi connectivity index (χ4n) is 1.87. The molecule has 0 aliphatic heterocycles. The number of likely N-dealkylation sites (N-methyl/N-ethyl adjacent to an activating group) is 1. The van der Waals surface area contributed by atoms with E-state index in [0.29, 0.717) is 11.6 Å². The number of aryl methyl sites for hydroxylation is 2. The minimum Gasteiger partial charge on any atom is -0.319 e. The molecule has 0 spiro atoms. The third-order valence-corrected chi connectivity index (χ3v) is 2.81. The Morgan fingerprint density at radius 3 is 2.17 bits per heavy atom. The highest BCUT2D eigenvalue weighted by molar-refractivity contribution is 5.44. The largest absolute Gasteiger partial charge is 0.319 e. The molecule has 5 nitrogen and oxygen atoms in total. The zero-order valence-electron chi connectivity index (χ0n) is 10.9. The highest BCUT2D eigenvalue weighted by atomic mass is 15.0. The molecule has 18 heavy (non-hydrogen) atoms.